The van der Waals surface area contributed by atoms with Crippen molar-refractivity contribution >= 4 is 5.82 Å². The van der Waals surface area contributed by atoms with Crippen molar-refractivity contribution in [1.29, 1.82) is 0 Å². The summed E-state index contributed by atoms with van der Waals surface area (Å²) >= 11 is 0. The van der Waals surface area contributed by atoms with Gasteiger partial charge in [0, 0.05) is 32.7 Å². The first-order chi connectivity index (χ1) is 11.6. The van der Waals surface area contributed by atoms with Gasteiger partial charge in [0.15, 0.2) is 0 Å². The molecule has 0 saturated carbocycles. The topological polar surface area (TPSA) is 39.6 Å². The summed E-state index contributed by atoms with van der Waals surface area (Å²) in [5.41, 5.74) is 1.85. The zero-order valence-corrected chi connectivity index (χ0v) is 14.0. The molecule has 1 aromatic carbocycles. The lowest BCUT2D eigenvalue weighted by atomic mass is 10.2. The maximum Gasteiger partial charge on any atom is 0.128 e. The Labute approximate surface area is 142 Å². The van der Waals surface area contributed by atoms with Crippen molar-refractivity contribution in [3.8, 4) is 0 Å². The number of aliphatic hydroxyl groups is 1. The molecule has 1 fully saturated rings. The zero-order chi connectivity index (χ0) is 16.9. The third-order valence-corrected chi connectivity index (χ3v) is 4.42. The van der Waals surface area contributed by atoms with E-state index in [9.17, 15) is 9.50 Å². The van der Waals surface area contributed by atoms with Gasteiger partial charge in [0.05, 0.1) is 11.8 Å². The normalized spacial score (nSPS) is 17.5. The average Bonchev–Trinajstić information content (AvgIpc) is 2.83. The maximum absolute atomic E-state index is 13.0. The predicted octanol–water partition coefficient (Wildman–Crippen LogP) is 2.99. The van der Waals surface area contributed by atoms with Crippen LogP contribution in [0.3, 0.4) is 0 Å². The van der Waals surface area contributed by atoms with Gasteiger partial charge in [-0.2, -0.15) is 0 Å². The Balaban J connectivity index is 1.62. The molecule has 3 rings (SSSR count). The summed E-state index contributed by atoms with van der Waals surface area (Å²) in [7, 11) is 0. The van der Waals surface area contributed by atoms with Gasteiger partial charge in [-0.1, -0.05) is 18.2 Å². The Kier molecular flexibility index (Phi) is 5.43. The summed E-state index contributed by atoms with van der Waals surface area (Å²) < 4.78 is 13.0. The van der Waals surface area contributed by atoms with Gasteiger partial charge in [-0.05, 0) is 43.2 Å². The lowest BCUT2D eigenvalue weighted by Gasteiger charge is -2.23. The van der Waals surface area contributed by atoms with Crippen molar-refractivity contribution in [2.75, 3.05) is 31.1 Å². The molecule has 0 amide bonds. The SMILES string of the molecule is CC(O)c1cccc(N2CCCN(Cc3ccc(F)cc3)CC2)n1. The number of aliphatic hydroxyl groups excluding tert-OH is 1. The predicted molar refractivity (Wildman–Crippen MR) is 93.4 cm³/mol. The quantitative estimate of drug-likeness (QED) is 0.936. The molecule has 24 heavy (non-hydrogen) atoms. The maximum atomic E-state index is 13.0. The lowest BCUT2D eigenvalue weighted by Crippen LogP contribution is -2.31. The number of rotatable bonds is 4. The smallest absolute Gasteiger partial charge is 0.128 e. The van der Waals surface area contributed by atoms with Gasteiger partial charge in [0.1, 0.15) is 11.6 Å². The number of aromatic nitrogens is 1. The monoisotopic (exact) mass is 329 g/mol. The van der Waals surface area contributed by atoms with E-state index in [0.717, 1.165) is 50.5 Å². The summed E-state index contributed by atoms with van der Waals surface area (Å²) in [6.07, 6.45) is 0.508. The Morgan fingerprint density at radius 2 is 1.88 bits per heavy atom. The van der Waals surface area contributed by atoms with Gasteiger partial charge in [-0.3, -0.25) is 4.90 Å². The second-order valence-electron chi connectivity index (χ2n) is 6.34. The molecule has 1 unspecified atom stereocenters. The van der Waals surface area contributed by atoms with Crippen molar-refractivity contribution in [2.45, 2.75) is 26.0 Å². The largest absolute Gasteiger partial charge is 0.387 e. The first-order valence-corrected chi connectivity index (χ1v) is 8.48. The minimum atomic E-state index is -0.549. The molecule has 1 aliphatic heterocycles. The van der Waals surface area contributed by atoms with E-state index in [0.29, 0.717) is 5.69 Å². The molecule has 0 spiro atoms. The molecule has 5 heteroatoms. The number of nitrogens with zero attached hydrogens (tertiary/aromatic N) is 3. The van der Waals surface area contributed by atoms with Crippen LogP contribution in [0.2, 0.25) is 0 Å². The molecule has 1 N–H and O–H groups in total. The fraction of sp³-hybridized carbons (Fsp3) is 0.421. The van der Waals surface area contributed by atoms with E-state index in [-0.39, 0.29) is 5.82 Å². The lowest BCUT2D eigenvalue weighted by molar-refractivity contribution is 0.194. The van der Waals surface area contributed by atoms with Crippen LogP contribution in [0.25, 0.3) is 0 Å². The third-order valence-electron chi connectivity index (χ3n) is 4.42. The standard InChI is InChI=1S/C19H24FN3O/c1-15(24)18-4-2-5-19(21-18)23-11-3-10-22(12-13-23)14-16-6-8-17(20)9-7-16/h2,4-9,15,24H,3,10-14H2,1H3. The van der Waals surface area contributed by atoms with Gasteiger partial charge < -0.3 is 10.0 Å². The Hall–Kier alpha value is -1.98. The summed E-state index contributed by atoms with van der Waals surface area (Å²) in [5.74, 6) is 0.738. The van der Waals surface area contributed by atoms with E-state index in [1.165, 1.54) is 12.1 Å². The van der Waals surface area contributed by atoms with E-state index in [2.05, 4.69) is 14.8 Å². The molecular weight excluding hydrogens is 305 g/mol. The van der Waals surface area contributed by atoms with Crippen molar-refractivity contribution in [2.24, 2.45) is 0 Å². The van der Waals surface area contributed by atoms with Crippen molar-refractivity contribution in [3.63, 3.8) is 0 Å². The molecule has 1 aromatic heterocycles. The van der Waals surface area contributed by atoms with Gasteiger partial charge in [-0.15, -0.1) is 0 Å². The van der Waals surface area contributed by atoms with E-state index in [1.807, 2.05) is 30.3 Å². The van der Waals surface area contributed by atoms with Gasteiger partial charge >= 0.3 is 0 Å². The van der Waals surface area contributed by atoms with Crippen LogP contribution in [0.15, 0.2) is 42.5 Å². The molecule has 2 aromatic rings. The van der Waals surface area contributed by atoms with Gasteiger partial charge in [-0.25, -0.2) is 9.37 Å². The first-order valence-electron chi connectivity index (χ1n) is 8.48. The van der Waals surface area contributed by atoms with Crippen LogP contribution >= 0.6 is 0 Å². The molecule has 1 atom stereocenters. The Morgan fingerprint density at radius 3 is 2.62 bits per heavy atom. The van der Waals surface area contributed by atoms with Gasteiger partial charge in [0.25, 0.3) is 0 Å². The number of pyridine rings is 1. The third kappa shape index (κ3) is 4.30. The number of hydrogen-bond acceptors (Lipinski definition) is 4. The number of halogens is 1. The van der Waals surface area contributed by atoms with E-state index in [1.54, 1.807) is 6.92 Å². The Morgan fingerprint density at radius 1 is 1.08 bits per heavy atom. The van der Waals surface area contributed by atoms with E-state index >= 15 is 0 Å². The summed E-state index contributed by atoms with van der Waals surface area (Å²) in [5, 5.41) is 9.71. The molecule has 1 saturated heterocycles. The highest BCUT2D eigenvalue weighted by molar-refractivity contribution is 5.39. The molecule has 0 aliphatic carbocycles. The summed E-state index contributed by atoms with van der Waals surface area (Å²) in [6.45, 7) is 6.39. The molecule has 0 radical (unpaired) electrons. The minimum absolute atomic E-state index is 0.190. The van der Waals surface area contributed by atoms with Gasteiger partial charge in [0.2, 0.25) is 0 Å². The highest BCUT2D eigenvalue weighted by atomic mass is 19.1. The first kappa shape index (κ1) is 16.9. The van der Waals surface area contributed by atoms with Crippen molar-refractivity contribution in [3.05, 3.63) is 59.5 Å². The van der Waals surface area contributed by atoms with Crippen LogP contribution in [0, 0.1) is 5.82 Å². The van der Waals surface area contributed by atoms with E-state index < -0.39 is 6.10 Å². The molecule has 4 nitrogen and oxygen atoms in total. The van der Waals surface area contributed by atoms with Crippen LogP contribution in [-0.4, -0.2) is 41.2 Å². The van der Waals surface area contributed by atoms with Crippen molar-refractivity contribution < 1.29 is 9.50 Å². The molecule has 1 aliphatic rings. The van der Waals surface area contributed by atoms with Crippen LogP contribution in [0.5, 0.6) is 0 Å². The average molecular weight is 329 g/mol. The molecule has 128 valence electrons. The fourth-order valence-corrected chi connectivity index (χ4v) is 3.05. The highest BCUT2D eigenvalue weighted by Gasteiger charge is 2.17. The van der Waals surface area contributed by atoms with E-state index in [4.69, 9.17) is 0 Å². The van der Waals surface area contributed by atoms with Crippen molar-refractivity contribution in [1.82, 2.24) is 9.88 Å². The molecule has 0 bridgehead atoms. The Bertz CT molecular complexity index is 660. The summed E-state index contributed by atoms with van der Waals surface area (Å²) in [4.78, 5) is 9.24. The number of hydrogen-bond donors (Lipinski definition) is 1. The minimum Gasteiger partial charge on any atom is -0.387 e. The fourth-order valence-electron chi connectivity index (χ4n) is 3.05. The number of anilines is 1. The second kappa shape index (κ2) is 7.73. The molecule has 2 heterocycles. The van der Waals surface area contributed by atoms with Crippen LogP contribution < -0.4 is 4.90 Å². The highest BCUT2D eigenvalue weighted by Crippen LogP contribution is 2.18. The molecular formula is C19H24FN3O. The second-order valence-corrected chi connectivity index (χ2v) is 6.34. The number of benzene rings is 1. The zero-order valence-electron chi connectivity index (χ0n) is 14.0. The van der Waals surface area contributed by atoms with Crippen LogP contribution in [-0.2, 0) is 6.54 Å². The van der Waals surface area contributed by atoms with Crippen LogP contribution in [0.4, 0.5) is 10.2 Å². The summed E-state index contributed by atoms with van der Waals surface area (Å²) in [6, 6.07) is 12.5. The van der Waals surface area contributed by atoms with Crippen LogP contribution in [0.1, 0.15) is 30.7 Å².